The van der Waals surface area contributed by atoms with Crippen molar-refractivity contribution >= 4 is 11.8 Å². The fourth-order valence-corrected chi connectivity index (χ4v) is 3.08. The zero-order valence-corrected chi connectivity index (χ0v) is 14.6. The Morgan fingerprint density at radius 1 is 0.960 bits per heavy atom. The maximum absolute atomic E-state index is 13.7. The summed E-state index contributed by atoms with van der Waals surface area (Å²) in [6.45, 7) is 3.81. The number of aromatic nitrogens is 2. The standard InChI is InChI=1S/C19H16F2N2OS/c1-12-6-8-14(9-7-12)24-18-10-13(2)22-19(23-18)25-11-15-16(20)4-3-5-17(15)21/h3-10H,11H2,1-2H3. The van der Waals surface area contributed by atoms with E-state index in [0.29, 0.717) is 22.5 Å². The molecule has 25 heavy (non-hydrogen) atoms. The van der Waals surface area contributed by atoms with Gasteiger partial charge in [-0.3, -0.25) is 0 Å². The summed E-state index contributed by atoms with van der Waals surface area (Å²) in [7, 11) is 0. The lowest BCUT2D eigenvalue weighted by molar-refractivity contribution is 0.454. The topological polar surface area (TPSA) is 35.0 Å². The molecule has 0 saturated carbocycles. The number of benzene rings is 2. The van der Waals surface area contributed by atoms with Crippen molar-refractivity contribution in [1.82, 2.24) is 9.97 Å². The van der Waals surface area contributed by atoms with Crippen LogP contribution in [-0.4, -0.2) is 9.97 Å². The lowest BCUT2D eigenvalue weighted by atomic mass is 10.2. The normalized spacial score (nSPS) is 10.7. The summed E-state index contributed by atoms with van der Waals surface area (Å²) in [4.78, 5) is 8.60. The Balaban J connectivity index is 1.76. The summed E-state index contributed by atoms with van der Waals surface area (Å²) in [5.41, 5.74) is 1.86. The number of aryl methyl sites for hydroxylation is 2. The highest BCUT2D eigenvalue weighted by Gasteiger charge is 2.11. The molecule has 3 nitrogen and oxygen atoms in total. The van der Waals surface area contributed by atoms with Gasteiger partial charge in [0.25, 0.3) is 0 Å². The van der Waals surface area contributed by atoms with Crippen LogP contribution in [0, 0.1) is 25.5 Å². The van der Waals surface area contributed by atoms with Crippen LogP contribution in [0.2, 0.25) is 0 Å². The molecule has 3 aromatic rings. The lowest BCUT2D eigenvalue weighted by Gasteiger charge is -2.08. The monoisotopic (exact) mass is 358 g/mol. The lowest BCUT2D eigenvalue weighted by Crippen LogP contribution is -1.97. The van der Waals surface area contributed by atoms with Gasteiger partial charge in [0, 0.05) is 23.1 Å². The van der Waals surface area contributed by atoms with Crippen LogP contribution < -0.4 is 4.74 Å². The molecule has 0 unspecified atom stereocenters. The number of hydrogen-bond acceptors (Lipinski definition) is 4. The van der Waals surface area contributed by atoms with E-state index < -0.39 is 11.6 Å². The van der Waals surface area contributed by atoms with Gasteiger partial charge in [0.05, 0.1) is 0 Å². The van der Waals surface area contributed by atoms with E-state index in [1.54, 1.807) is 6.07 Å². The van der Waals surface area contributed by atoms with Gasteiger partial charge in [-0.15, -0.1) is 0 Å². The van der Waals surface area contributed by atoms with Crippen LogP contribution in [0.4, 0.5) is 8.78 Å². The Labute approximate surface area is 149 Å². The van der Waals surface area contributed by atoms with Gasteiger partial charge in [-0.2, -0.15) is 4.98 Å². The molecule has 0 amide bonds. The molecule has 2 aromatic carbocycles. The minimum atomic E-state index is -0.573. The van der Waals surface area contributed by atoms with Crippen LogP contribution in [0.15, 0.2) is 53.7 Å². The molecule has 0 N–H and O–H groups in total. The summed E-state index contributed by atoms with van der Waals surface area (Å²) in [6.07, 6.45) is 0. The molecule has 1 aromatic heterocycles. The number of halogens is 2. The summed E-state index contributed by atoms with van der Waals surface area (Å²) in [5, 5.41) is 0.407. The molecule has 0 bridgehead atoms. The van der Waals surface area contributed by atoms with E-state index in [1.807, 2.05) is 38.1 Å². The van der Waals surface area contributed by atoms with Gasteiger partial charge in [0.1, 0.15) is 17.4 Å². The third kappa shape index (κ3) is 4.54. The van der Waals surface area contributed by atoms with Gasteiger partial charge >= 0.3 is 0 Å². The van der Waals surface area contributed by atoms with E-state index in [4.69, 9.17) is 4.74 Å². The van der Waals surface area contributed by atoms with Crippen molar-refractivity contribution in [3.8, 4) is 11.6 Å². The second-order valence-corrected chi connectivity index (χ2v) is 6.48. The molecule has 0 aliphatic heterocycles. The molecule has 1 heterocycles. The predicted octanol–water partition coefficient (Wildman–Crippen LogP) is 5.46. The third-order valence-electron chi connectivity index (χ3n) is 3.46. The van der Waals surface area contributed by atoms with Crippen molar-refractivity contribution < 1.29 is 13.5 Å². The van der Waals surface area contributed by atoms with E-state index >= 15 is 0 Å². The van der Waals surface area contributed by atoms with Crippen LogP contribution in [0.25, 0.3) is 0 Å². The van der Waals surface area contributed by atoms with Gasteiger partial charge in [0.15, 0.2) is 5.16 Å². The largest absolute Gasteiger partial charge is 0.439 e. The minimum Gasteiger partial charge on any atom is -0.439 e. The average molecular weight is 358 g/mol. The first-order valence-electron chi connectivity index (χ1n) is 7.67. The molecule has 0 spiro atoms. The molecule has 0 aliphatic carbocycles. The number of hydrogen-bond donors (Lipinski definition) is 0. The van der Waals surface area contributed by atoms with E-state index in [1.165, 1.54) is 18.2 Å². The average Bonchev–Trinajstić information content (AvgIpc) is 2.56. The van der Waals surface area contributed by atoms with Crippen molar-refractivity contribution in [2.75, 3.05) is 0 Å². The van der Waals surface area contributed by atoms with Crippen molar-refractivity contribution in [2.45, 2.75) is 24.8 Å². The number of rotatable bonds is 5. The quantitative estimate of drug-likeness (QED) is 0.448. The molecule has 0 radical (unpaired) electrons. The second kappa shape index (κ2) is 7.61. The van der Waals surface area contributed by atoms with E-state index in [-0.39, 0.29) is 11.3 Å². The highest BCUT2D eigenvalue weighted by atomic mass is 32.2. The molecule has 0 aliphatic rings. The Morgan fingerprint density at radius 3 is 2.32 bits per heavy atom. The minimum absolute atomic E-state index is 0.0126. The van der Waals surface area contributed by atoms with Crippen LogP contribution >= 0.6 is 11.8 Å². The van der Waals surface area contributed by atoms with Gasteiger partial charge in [-0.25, -0.2) is 13.8 Å². The first-order valence-corrected chi connectivity index (χ1v) is 8.66. The molecular weight excluding hydrogens is 342 g/mol. The molecule has 0 saturated heterocycles. The van der Waals surface area contributed by atoms with Crippen LogP contribution in [0.3, 0.4) is 0 Å². The molecule has 6 heteroatoms. The van der Waals surface area contributed by atoms with Gasteiger partial charge in [-0.05, 0) is 38.1 Å². The van der Waals surface area contributed by atoms with Crippen LogP contribution in [0.1, 0.15) is 16.8 Å². The zero-order chi connectivity index (χ0) is 17.8. The summed E-state index contributed by atoms with van der Waals surface area (Å²) >= 11 is 1.16. The number of ether oxygens (including phenoxy) is 1. The van der Waals surface area contributed by atoms with Crippen molar-refractivity contribution in [1.29, 1.82) is 0 Å². The molecule has 0 fully saturated rings. The highest BCUT2D eigenvalue weighted by Crippen LogP contribution is 2.27. The first kappa shape index (κ1) is 17.4. The van der Waals surface area contributed by atoms with Crippen molar-refractivity contribution in [3.63, 3.8) is 0 Å². The molecule has 0 atom stereocenters. The first-order chi connectivity index (χ1) is 12.0. The van der Waals surface area contributed by atoms with Crippen LogP contribution in [-0.2, 0) is 5.75 Å². The zero-order valence-electron chi connectivity index (χ0n) is 13.8. The van der Waals surface area contributed by atoms with Crippen molar-refractivity contribution in [3.05, 3.63) is 77.0 Å². The van der Waals surface area contributed by atoms with Gasteiger partial charge in [0.2, 0.25) is 5.88 Å². The Hall–Kier alpha value is -2.47. The second-order valence-electron chi connectivity index (χ2n) is 5.53. The Bertz CT molecular complexity index is 865. The third-order valence-corrected chi connectivity index (χ3v) is 4.33. The fourth-order valence-electron chi connectivity index (χ4n) is 2.16. The molecule has 128 valence electrons. The van der Waals surface area contributed by atoms with E-state index in [2.05, 4.69) is 9.97 Å². The van der Waals surface area contributed by atoms with Gasteiger partial charge in [-0.1, -0.05) is 35.5 Å². The molecule has 3 rings (SSSR count). The Morgan fingerprint density at radius 2 is 1.64 bits per heavy atom. The summed E-state index contributed by atoms with van der Waals surface area (Å²) < 4.78 is 33.2. The fraction of sp³-hybridized carbons (Fsp3) is 0.158. The smallest absolute Gasteiger partial charge is 0.223 e. The Kier molecular flexibility index (Phi) is 5.28. The maximum atomic E-state index is 13.7. The summed E-state index contributed by atoms with van der Waals surface area (Å²) in [6, 6.07) is 13.1. The molecular formula is C19H16F2N2OS. The predicted molar refractivity (Wildman–Crippen MR) is 93.9 cm³/mol. The van der Waals surface area contributed by atoms with Crippen molar-refractivity contribution in [2.24, 2.45) is 0 Å². The number of thioether (sulfide) groups is 1. The van der Waals surface area contributed by atoms with Crippen LogP contribution in [0.5, 0.6) is 11.6 Å². The van der Waals surface area contributed by atoms with Gasteiger partial charge < -0.3 is 4.74 Å². The van der Waals surface area contributed by atoms with E-state index in [0.717, 1.165) is 17.3 Å². The summed E-state index contributed by atoms with van der Waals surface area (Å²) in [5.74, 6) is 0.0200. The maximum Gasteiger partial charge on any atom is 0.223 e. The van der Waals surface area contributed by atoms with E-state index in [9.17, 15) is 8.78 Å². The number of nitrogens with zero attached hydrogens (tertiary/aromatic N) is 2. The highest BCUT2D eigenvalue weighted by molar-refractivity contribution is 7.98. The SMILES string of the molecule is Cc1ccc(Oc2cc(C)nc(SCc3c(F)cccc3F)n2)cc1.